The molecule has 86 valence electrons. The molecule has 0 aliphatic heterocycles. The molecule has 0 saturated heterocycles. The summed E-state index contributed by atoms with van der Waals surface area (Å²) in [5.41, 5.74) is 0.817. The first-order chi connectivity index (χ1) is 7.77. The number of carbonyl (C=O) groups is 1. The van der Waals surface area contributed by atoms with Crippen LogP contribution in [-0.4, -0.2) is 11.2 Å². The highest BCUT2D eigenvalue weighted by atomic mass is 35.5. The average molecular weight is 237 g/mol. The van der Waals surface area contributed by atoms with Gasteiger partial charge in [0.1, 0.15) is 0 Å². The maximum absolute atomic E-state index is 12.0. The van der Waals surface area contributed by atoms with E-state index in [1.54, 1.807) is 0 Å². The topological polar surface area (TPSA) is 17.1 Å². The Balaban J connectivity index is 1.96. The summed E-state index contributed by atoms with van der Waals surface area (Å²) < 4.78 is 0. The lowest BCUT2D eigenvalue weighted by molar-refractivity contribution is 0.0951. The van der Waals surface area contributed by atoms with Crippen molar-refractivity contribution in [2.24, 2.45) is 5.92 Å². The normalized spacial score (nSPS) is 25.3. The predicted octanol–water partition coefficient (Wildman–Crippen LogP) is 4.06. The van der Waals surface area contributed by atoms with Gasteiger partial charge >= 0.3 is 0 Å². The van der Waals surface area contributed by atoms with Crippen LogP contribution in [0.15, 0.2) is 30.3 Å². The maximum Gasteiger partial charge on any atom is 0.163 e. The molecule has 1 saturated carbocycles. The summed E-state index contributed by atoms with van der Waals surface area (Å²) in [4.78, 5) is 12.0. The van der Waals surface area contributed by atoms with Crippen molar-refractivity contribution in [3.63, 3.8) is 0 Å². The van der Waals surface area contributed by atoms with E-state index in [1.807, 2.05) is 30.3 Å². The fourth-order valence-corrected chi connectivity index (χ4v) is 2.74. The van der Waals surface area contributed by atoms with Crippen molar-refractivity contribution in [2.75, 3.05) is 0 Å². The van der Waals surface area contributed by atoms with Gasteiger partial charge < -0.3 is 0 Å². The summed E-state index contributed by atoms with van der Waals surface area (Å²) in [5, 5.41) is 0.196. The van der Waals surface area contributed by atoms with Crippen LogP contribution in [0.3, 0.4) is 0 Å². The Labute approximate surface area is 102 Å². The van der Waals surface area contributed by atoms with Crippen molar-refractivity contribution in [1.82, 2.24) is 0 Å². The molecular formula is C14H17ClO. The molecule has 0 N–H and O–H groups in total. The standard InChI is InChI=1S/C14H17ClO/c15-13-9-5-4-8-12(13)10-14(16)11-6-2-1-3-7-11/h1-3,6-7,12-13H,4-5,8-10H2. The molecular weight excluding hydrogens is 220 g/mol. The molecule has 0 radical (unpaired) electrons. The molecule has 1 nitrogen and oxygen atoms in total. The Morgan fingerprint density at radius 2 is 1.88 bits per heavy atom. The zero-order valence-electron chi connectivity index (χ0n) is 9.36. The third-order valence-electron chi connectivity index (χ3n) is 3.36. The van der Waals surface area contributed by atoms with Gasteiger partial charge in [-0.25, -0.2) is 0 Å². The molecule has 1 aliphatic carbocycles. The molecule has 1 aromatic carbocycles. The largest absolute Gasteiger partial charge is 0.294 e. The minimum atomic E-state index is 0.196. The first-order valence-corrected chi connectivity index (χ1v) is 6.43. The number of Topliss-reactive ketones (excluding diaryl/α,β-unsaturated/α-hetero) is 1. The van der Waals surface area contributed by atoms with Gasteiger partial charge in [0.2, 0.25) is 0 Å². The van der Waals surface area contributed by atoms with Gasteiger partial charge in [-0.15, -0.1) is 11.6 Å². The minimum Gasteiger partial charge on any atom is -0.294 e. The van der Waals surface area contributed by atoms with Crippen LogP contribution in [0.2, 0.25) is 0 Å². The lowest BCUT2D eigenvalue weighted by Gasteiger charge is -2.26. The Morgan fingerprint density at radius 1 is 1.19 bits per heavy atom. The lowest BCUT2D eigenvalue weighted by atomic mass is 9.84. The van der Waals surface area contributed by atoms with Crippen molar-refractivity contribution >= 4 is 17.4 Å². The highest BCUT2D eigenvalue weighted by Gasteiger charge is 2.25. The van der Waals surface area contributed by atoms with Crippen molar-refractivity contribution in [1.29, 1.82) is 0 Å². The van der Waals surface area contributed by atoms with E-state index in [4.69, 9.17) is 11.6 Å². The van der Waals surface area contributed by atoms with Gasteiger partial charge in [-0.3, -0.25) is 4.79 Å². The van der Waals surface area contributed by atoms with E-state index in [0.717, 1.165) is 18.4 Å². The maximum atomic E-state index is 12.0. The molecule has 2 atom stereocenters. The summed E-state index contributed by atoms with van der Waals surface area (Å²) in [6.07, 6.45) is 5.21. The third-order valence-corrected chi connectivity index (χ3v) is 3.93. The van der Waals surface area contributed by atoms with E-state index in [-0.39, 0.29) is 11.2 Å². The molecule has 16 heavy (non-hydrogen) atoms. The second-order valence-electron chi connectivity index (χ2n) is 4.55. The van der Waals surface area contributed by atoms with Crippen LogP contribution in [0.25, 0.3) is 0 Å². The Kier molecular flexibility index (Phi) is 4.00. The molecule has 2 rings (SSSR count). The fourth-order valence-electron chi connectivity index (χ4n) is 2.37. The third kappa shape index (κ3) is 2.85. The minimum absolute atomic E-state index is 0.196. The second-order valence-corrected chi connectivity index (χ2v) is 5.11. The molecule has 0 spiro atoms. The van der Waals surface area contributed by atoms with Gasteiger partial charge in [-0.2, -0.15) is 0 Å². The number of carbonyl (C=O) groups excluding carboxylic acids is 1. The Bertz CT molecular complexity index is 347. The van der Waals surface area contributed by atoms with Crippen LogP contribution >= 0.6 is 11.6 Å². The number of halogens is 1. The van der Waals surface area contributed by atoms with Crippen LogP contribution in [0.4, 0.5) is 0 Å². The van der Waals surface area contributed by atoms with Crippen LogP contribution in [0.1, 0.15) is 42.5 Å². The van der Waals surface area contributed by atoms with Gasteiger partial charge in [-0.05, 0) is 18.8 Å². The molecule has 0 bridgehead atoms. The van der Waals surface area contributed by atoms with E-state index in [0.29, 0.717) is 12.3 Å². The number of hydrogen-bond donors (Lipinski definition) is 0. The number of rotatable bonds is 3. The van der Waals surface area contributed by atoms with E-state index in [2.05, 4.69) is 0 Å². The lowest BCUT2D eigenvalue weighted by Crippen LogP contribution is -2.22. The summed E-state index contributed by atoms with van der Waals surface area (Å²) in [6, 6.07) is 9.52. The van der Waals surface area contributed by atoms with Gasteiger partial charge in [0.05, 0.1) is 0 Å². The van der Waals surface area contributed by atoms with Gasteiger partial charge in [0.25, 0.3) is 0 Å². The van der Waals surface area contributed by atoms with Crippen molar-refractivity contribution in [3.05, 3.63) is 35.9 Å². The van der Waals surface area contributed by atoms with Gasteiger partial charge in [0.15, 0.2) is 5.78 Å². The zero-order chi connectivity index (χ0) is 11.4. The van der Waals surface area contributed by atoms with Crippen LogP contribution in [0, 0.1) is 5.92 Å². The zero-order valence-corrected chi connectivity index (χ0v) is 10.1. The van der Waals surface area contributed by atoms with Gasteiger partial charge in [0, 0.05) is 17.4 Å². The SMILES string of the molecule is O=C(CC1CCCCC1Cl)c1ccccc1. The van der Waals surface area contributed by atoms with Crippen LogP contribution in [0.5, 0.6) is 0 Å². The summed E-state index contributed by atoms with van der Waals surface area (Å²) in [5.74, 6) is 0.612. The second kappa shape index (κ2) is 5.49. The fraction of sp³-hybridized carbons (Fsp3) is 0.500. The number of benzene rings is 1. The highest BCUT2D eigenvalue weighted by molar-refractivity contribution is 6.21. The summed E-state index contributed by atoms with van der Waals surface area (Å²) in [7, 11) is 0. The monoisotopic (exact) mass is 236 g/mol. The van der Waals surface area contributed by atoms with E-state index < -0.39 is 0 Å². The summed E-state index contributed by atoms with van der Waals surface area (Å²) >= 11 is 6.26. The van der Waals surface area contributed by atoms with E-state index in [1.165, 1.54) is 12.8 Å². The Morgan fingerprint density at radius 3 is 2.56 bits per heavy atom. The highest BCUT2D eigenvalue weighted by Crippen LogP contribution is 2.31. The Hall–Kier alpha value is -0.820. The van der Waals surface area contributed by atoms with Crippen molar-refractivity contribution < 1.29 is 4.79 Å². The molecule has 2 heteroatoms. The first kappa shape index (κ1) is 11.7. The quantitative estimate of drug-likeness (QED) is 0.572. The van der Waals surface area contributed by atoms with Crippen molar-refractivity contribution in [2.45, 2.75) is 37.5 Å². The van der Waals surface area contributed by atoms with E-state index >= 15 is 0 Å². The van der Waals surface area contributed by atoms with E-state index in [9.17, 15) is 4.79 Å². The average Bonchev–Trinajstić information content (AvgIpc) is 2.33. The van der Waals surface area contributed by atoms with Crippen molar-refractivity contribution in [3.8, 4) is 0 Å². The summed E-state index contributed by atoms with van der Waals surface area (Å²) in [6.45, 7) is 0. The number of ketones is 1. The van der Waals surface area contributed by atoms with Crippen LogP contribution in [-0.2, 0) is 0 Å². The number of alkyl halides is 1. The molecule has 0 heterocycles. The predicted molar refractivity (Wildman–Crippen MR) is 67.0 cm³/mol. The smallest absolute Gasteiger partial charge is 0.163 e. The molecule has 1 aromatic rings. The molecule has 1 fully saturated rings. The first-order valence-electron chi connectivity index (χ1n) is 5.99. The molecule has 0 aromatic heterocycles. The van der Waals surface area contributed by atoms with Gasteiger partial charge in [-0.1, -0.05) is 43.2 Å². The number of hydrogen-bond acceptors (Lipinski definition) is 1. The molecule has 1 aliphatic rings. The molecule has 2 unspecified atom stereocenters. The van der Waals surface area contributed by atoms with Crippen LogP contribution < -0.4 is 0 Å². The molecule has 0 amide bonds.